The molecule has 0 aliphatic carbocycles. The van der Waals surface area contributed by atoms with Gasteiger partial charge in [0.15, 0.2) is 5.76 Å². The van der Waals surface area contributed by atoms with Crippen molar-refractivity contribution in [3.05, 3.63) is 96.4 Å². The molecule has 5 nitrogen and oxygen atoms in total. The molecule has 4 rings (SSSR count). The molecule has 27 heavy (non-hydrogen) atoms. The minimum Gasteiger partial charge on any atom is -0.508 e. The third-order valence-corrected chi connectivity index (χ3v) is 4.32. The van der Waals surface area contributed by atoms with Gasteiger partial charge in [-0.05, 0) is 18.2 Å². The third kappa shape index (κ3) is 4.27. The Hall–Kier alpha value is -3.31. The van der Waals surface area contributed by atoms with Crippen molar-refractivity contribution in [1.82, 2.24) is 9.88 Å². The number of phenols is 1. The van der Waals surface area contributed by atoms with Crippen LogP contribution in [-0.2, 0) is 19.6 Å². The van der Waals surface area contributed by atoms with E-state index in [1.807, 2.05) is 60.7 Å². The Labute approximate surface area is 157 Å². The second-order valence-electron chi connectivity index (χ2n) is 6.34. The van der Waals surface area contributed by atoms with Crippen molar-refractivity contribution in [2.45, 2.75) is 19.6 Å². The minimum absolute atomic E-state index is 0.277. The van der Waals surface area contributed by atoms with Crippen LogP contribution in [-0.4, -0.2) is 15.0 Å². The van der Waals surface area contributed by atoms with Gasteiger partial charge in [-0.1, -0.05) is 48.5 Å². The van der Waals surface area contributed by atoms with Gasteiger partial charge in [0.05, 0.1) is 25.5 Å². The van der Waals surface area contributed by atoms with Gasteiger partial charge >= 0.3 is 0 Å². The number of benzene rings is 2. The first-order valence-corrected chi connectivity index (χ1v) is 8.79. The number of oxazole rings is 1. The molecule has 1 N–H and O–H groups in total. The fraction of sp³-hybridized carbons (Fsp3) is 0.136. The van der Waals surface area contributed by atoms with E-state index in [1.54, 1.807) is 18.5 Å². The predicted octanol–water partition coefficient (Wildman–Crippen LogP) is 4.84. The van der Waals surface area contributed by atoms with E-state index in [1.165, 1.54) is 0 Å². The van der Waals surface area contributed by atoms with Gasteiger partial charge < -0.3 is 13.9 Å². The van der Waals surface area contributed by atoms with Crippen LogP contribution in [0.4, 0.5) is 0 Å². The topological polar surface area (TPSA) is 62.6 Å². The number of para-hydroxylation sites is 1. The molecule has 4 aromatic rings. The van der Waals surface area contributed by atoms with E-state index in [-0.39, 0.29) is 5.75 Å². The minimum atomic E-state index is 0.277. The highest BCUT2D eigenvalue weighted by Gasteiger charge is 2.15. The molecule has 0 aliphatic rings. The highest BCUT2D eigenvalue weighted by atomic mass is 16.4. The maximum Gasteiger partial charge on any atom is 0.209 e. The summed E-state index contributed by atoms with van der Waals surface area (Å²) in [6.07, 6.45) is 3.40. The van der Waals surface area contributed by atoms with Crippen molar-refractivity contribution in [1.29, 1.82) is 0 Å². The Morgan fingerprint density at radius 1 is 0.852 bits per heavy atom. The number of nitrogens with zero attached hydrogens (tertiary/aromatic N) is 2. The van der Waals surface area contributed by atoms with E-state index < -0.39 is 0 Å². The van der Waals surface area contributed by atoms with Crippen molar-refractivity contribution < 1.29 is 13.9 Å². The molecule has 0 aliphatic heterocycles. The maximum atomic E-state index is 10.1. The highest BCUT2D eigenvalue weighted by molar-refractivity contribution is 5.55. The molecule has 0 bridgehead atoms. The summed E-state index contributed by atoms with van der Waals surface area (Å²) in [5.74, 6) is 2.49. The second kappa shape index (κ2) is 7.93. The van der Waals surface area contributed by atoms with Crippen molar-refractivity contribution in [3.63, 3.8) is 0 Å². The Bertz CT molecular complexity index is 978. The lowest BCUT2D eigenvalue weighted by Gasteiger charge is -2.20. The Morgan fingerprint density at radius 3 is 2.44 bits per heavy atom. The zero-order valence-electron chi connectivity index (χ0n) is 14.8. The van der Waals surface area contributed by atoms with Gasteiger partial charge in [-0.2, -0.15) is 0 Å². The number of aromatic nitrogens is 1. The lowest BCUT2D eigenvalue weighted by Crippen LogP contribution is -2.22. The van der Waals surface area contributed by atoms with Gasteiger partial charge in [0.25, 0.3) is 0 Å². The molecule has 0 atom stereocenters. The van der Waals surface area contributed by atoms with Crippen LogP contribution in [0.2, 0.25) is 0 Å². The molecule has 0 saturated carbocycles. The van der Waals surface area contributed by atoms with Crippen LogP contribution >= 0.6 is 0 Å². The number of hydrogen-bond donors (Lipinski definition) is 1. The lowest BCUT2D eigenvalue weighted by atomic mass is 10.2. The predicted molar refractivity (Wildman–Crippen MR) is 102 cm³/mol. The number of aromatic hydroxyl groups is 1. The fourth-order valence-electron chi connectivity index (χ4n) is 2.99. The molecular weight excluding hydrogens is 340 g/mol. The monoisotopic (exact) mass is 360 g/mol. The molecule has 5 heteroatoms. The van der Waals surface area contributed by atoms with E-state index >= 15 is 0 Å². The van der Waals surface area contributed by atoms with Crippen LogP contribution in [0.25, 0.3) is 11.3 Å². The van der Waals surface area contributed by atoms with E-state index in [4.69, 9.17) is 8.83 Å². The average Bonchev–Trinajstić information content (AvgIpc) is 3.36. The van der Waals surface area contributed by atoms with Crippen LogP contribution in [0.5, 0.6) is 5.75 Å². The first-order valence-electron chi connectivity index (χ1n) is 8.79. The Kier molecular flexibility index (Phi) is 5.03. The van der Waals surface area contributed by atoms with Crippen molar-refractivity contribution in [2.24, 2.45) is 0 Å². The molecule has 0 unspecified atom stereocenters. The normalized spacial score (nSPS) is 11.1. The maximum absolute atomic E-state index is 10.1. The number of hydrogen-bond acceptors (Lipinski definition) is 5. The molecule has 0 amide bonds. The van der Waals surface area contributed by atoms with Crippen LogP contribution in [0.1, 0.15) is 17.2 Å². The standard InChI is InChI=1S/C22H20N2O3/c25-20-11-5-4-9-18(20)14-24(15-19-10-6-12-26-19)16-22-23-13-21(27-22)17-7-2-1-3-8-17/h1-13,25H,14-16H2. The molecular formula is C22H20N2O3. The molecule has 0 radical (unpaired) electrons. The van der Waals surface area contributed by atoms with Gasteiger partial charge in [0.1, 0.15) is 11.5 Å². The van der Waals surface area contributed by atoms with E-state index in [0.29, 0.717) is 25.5 Å². The van der Waals surface area contributed by atoms with E-state index in [0.717, 1.165) is 22.6 Å². The van der Waals surface area contributed by atoms with Crippen LogP contribution < -0.4 is 0 Å². The lowest BCUT2D eigenvalue weighted by molar-refractivity contribution is 0.204. The SMILES string of the molecule is Oc1ccccc1CN(Cc1ccco1)Cc1ncc(-c2ccccc2)o1. The van der Waals surface area contributed by atoms with Crippen LogP contribution in [0.3, 0.4) is 0 Å². The molecule has 0 saturated heterocycles. The summed E-state index contributed by atoms with van der Waals surface area (Å²) in [7, 11) is 0. The van der Waals surface area contributed by atoms with Crippen LogP contribution in [0, 0.1) is 0 Å². The number of rotatable bonds is 7. The first kappa shape index (κ1) is 17.1. The van der Waals surface area contributed by atoms with Crippen molar-refractivity contribution >= 4 is 0 Å². The second-order valence-corrected chi connectivity index (χ2v) is 6.34. The van der Waals surface area contributed by atoms with Crippen molar-refractivity contribution in [2.75, 3.05) is 0 Å². The molecule has 2 aromatic heterocycles. The summed E-state index contributed by atoms with van der Waals surface area (Å²) in [6, 6.07) is 21.0. The molecule has 0 fully saturated rings. The summed E-state index contributed by atoms with van der Waals surface area (Å²) >= 11 is 0. The summed E-state index contributed by atoms with van der Waals surface area (Å²) in [5.41, 5.74) is 1.84. The number of furan rings is 1. The zero-order chi connectivity index (χ0) is 18.5. The fourth-order valence-corrected chi connectivity index (χ4v) is 2.99. The summed E-state index contributed by atoms with van der Waals surface area (Å²) in [5, 5.41) is 10.1. The molecule has 2 aromatic carbocycles. The summed E-state index contributed by atoms with van der Waals surface area (Å²) in [6.45, 7) is 1.64. The first-order chi connectivity index (χ1) is 13.3. The smallest absolute Gasteiger partial charge is 0.209 e. The Balaban J connectivity index is 1.54. The number of phenolic OH excluding ortho intramolecular Hbond substituents is 1. The van der Waals surface area contributed by atoms with Gasteiger partial charge in [-0.3, -0.25) is 4.90 Å². The summed E-state index contributed by atoms with van der Waals surface area (Å²) in [4.78, 5) is 6.54. The largest absolute Gasteiger partial charge is 0.508 e. The van der Waals surface area contributed by atoms with Gasteiger partial charge in [0.2, 0.25) is 5.89 Å². The molecule has 2 heterocycles. The molecule has 0 spiro atoms. The van der Waals surface area contributed by atoms with Crippen LogP contribution in [0.15, 0.2) is 88.0 Å². The average molecular weight is 360 g/mol. The van der Waals surface area contributed by atoms with Gasteiger partial charge in [0, 0.05) is 17.7 Å². The van der Waals surface area contributed by atoms with Gasteiger partial charge in [-0.15, -0.1) is 0 Å². The zero-order valence-corrected chi connectivity index (χ0v) is 14.8. The summed E-state index contributed by atoms with van der Waals surface area (Å²) < 4.78 is 11.4. The van der Waals surface area contributed by atoms with E-state index in [9.17, 15) is 5.11 Å². The van der Waals surface area contributed by atoms with Gasteiger partial charge in [-0.25, -0.2) is 4.98 Å². The third-order valence-electron chi connectivity index (χ3n) is 4.32. The highest BCUT2D eigenvalue weighted by Crippen LogP contribution is 2.23. The van der Waals surface area contributed by atoms with E-state index in [2.05, 4.69) is 9.88 Å². The quantitative estimate of drug-likeness (QED) is 0.511. The Morgan fingerprint density at radius 2 is 1.67 bits per heavy atom. The molecule has 136 valence electrons. The van der Waals surface area contributed by atoms with Crippen molar-refractivity contribution in [3.8, 4) is 17.1 Å².